The van der Waals surface area contributed by atoms with Gasteiger partial charge in [0.15, 0.2) is 0 Å². The first-order chi connectivity index (χ1) is 8.85. The standard InChI is InChI=1S/C14H19N3O2/c1-9-6-5-7-17-11(10(2)15-12(9)17)13(19)16-14(3,4)8-18/h5-7,18H,8H2,1-4H3,(H,16,19). The van der Waals surface area contributed by atoms with E-state index >= 15 is 0 Å². The van der Waals surface area contributed by atoms with Crippen LogP contribution in [0, 0.1) is 13.8 Å². The van der Waals surface area contributed by atoms with Gasteiger partial charge in [0, 0.05) is 6.20 Å². The van der Waals surface area contributed by atoms with Crippen molar-refractivity contribution in [3.63, 3.8) is 0 Å². The van der Waals surface area contributed by atoms with Gasteiger partial charge >= 0.3 is 0 Å². The zero-order valence-corrected chi connectivity index (χ0v) is 11.7. The minimum atomic E-state index is -0.655. The summed E-state index contributed by atoms with van der Waals surface area (Å²) in [5, 5.41) is 12.0. The molecule has 2 aromatic rings. The van der Waals surface area contributed by atoms with Crippen LogP contribution in [0.4, 0.5) is 0 Å². The highest BCUT2D eigenvalue weighted by Crippen LogP contribution is 2.16. The van der Waals surface area contributed by atoms with Crippen molar-refractivity contribution >= 4 is 11.6 Å². The van der Waals surface area contributed by atoms with Crippen LogP contribution >= 0.6 is 0 Å². The summed E-state index contributed by atoms with van der Waals surface area (Å²) in [6, 6.07) is 3.85. The van der Waals surface area contributed by atoms with Crippen molar-refractivity contribution in [2.75, 3.05) is 6.61 Å². The zero-order chi connectivity index (χ0) is 14.2. The van der Waals surface area contributed by atoms with Gasteiger partial charge in [-0.1, -0.05) is 6.07 Å². The number of rotatable bonds is 3. The van der Waals surface area contributed by atoms with E-state index in [0.717, 1.165) is 11.2 Å². The summed E-state index contributed by atoms with van der Waals surface area (Å²) in [6.45, 7) is 7.20. The van der Waals surface area contributed by atoms with Gasteiger partial charge in [-0.25, -0.2) is 4.98 Å². The maximum atomic E-state index is 12.3. The van der Waals surface area contributed by atoms with Crippen molar-refractivity contribution in [3.8, 4) is 0 Å². The van der Waals surface area contributed by atoms with Crippen molar-refractivity contribution < 1.29 is 9.90 Å². The molecular formula is C14H19N3O2. The Morgan fingerprint density at radius 2 is 2.16 bits per heavy atom. The predicted octanol–water partition coefficient (Wildman–Crippen LogP) is 1.45. The quantitative estimate of drug-likeness (QED) is 0.879. The molecule has 5 heteroatoms. The first-order valence-electron chi connectivity index (χ1n) is 6.23. The zero-order valence-electron chi connectivity index (χ0n) is 11.7. The lowest BCUT2D eigenvalue weighted by Gasteiger charge is -2.23. The average Bonchev–Trinajstić information content (AvgIpc) is 2.66. The molecule has 2 heterocycles. The second kappa shape index (κ2) is 4.66. The lowest BCUT2D eigenvalue weighted by molar-refractivity contribution is 0.0862. The Morgan fingerprint density at radius 1 is 1.47 bits per heavy atom. The first-order valence-corrected chi connectivity index (χ1v) is 6.23. The van der Waals surface area contributed by atoms with E-state index in [0.29, 0.717) is 11.4 Å². The molecule has 102 valence electrons. The predicted molar refractivity (Wildman–Crippen MR) is 73.3 cm³/mol. The third-order valence-corrected chi connectivity index (χ3v) is 3.08. The topological polar surface area (TPSA) is 66.6 Å². The third kappa shape index (κ3) is 2.46. The van der Waals surface area contributed by atoms with Crippen molar-refractivity contribution in [2.24, 2.45) is 0 Å². The van der Waals surface area contributed by atoms with Crippen molar-refractivity contribution in [3.05, 3.63) is 35.3 Å². The van der Waals surface area contributed by atoms with Gasteiger partial charge in [-0.15, -0.1) is 0 Å². The van der Waals surface area contributed by atoms with E-state index < -0.39 is 5.54 Å². The molecule has 0 aromatic carbocycles. The van der Waals surface area contributed by atoms with Gasteiger partial charge < -0.3 is 10.4 Å². The van der Waals surface area contributed by atoms with Crippen LogP contribution in [0.1, 0.15) is 35.6 Å². The molecule has 5 nitrogen and oxygen atoms in total. The molecule has 0 aliphatic rings. The number of carbonyl (C=O) groups excluding carboxylic acids is 1. The lowest BCUT2D eigenvalue weighted by Crippen LogP contribution is -2.46. The van der Waals surface area contributed by atoms with Crippen LogP contribution in [0.15, 0.2) is 18.3 Å². The number of nitrogens with zero attached hydrogens (tertiary/aromatic N) is 2. The van der Waals surface area contributed by atoms with Gasteiger partial charge in [0.05, 0.1) is 17.8 Å². The normalized spacial score (nSPS) is 11.8. The second-order valence-corrected chi connectivity index (χ2v) is 5.43. The van der Waals surface area contributed by atoms with Gasteiger partial charge in [0.25, 0.3) is 5.91 Å². The van der Waals surface area contributed by atoms with Crippen LogP contribution < -0.4 is 5.32 Å². The Hall–Kier alpha value is -1.88. The fourth-order valence-electron chi connectivity index (χ4n) is 2.00. The third-order valence-electron chi connectivity index (χ3n) is 3.08. The number of carbonyl (C=O) groups is 1. The molecule has 0 aliphatic carbocycles. The summed E-state index contributed by atoms with van der Waals surface area (Å²) in [6.07, 6.45) is 1.82. The molecule has 0 spiro atoms. The number of aryl methyl sites for hydroxylation is 2. The van der Waals surface area contributed by atoms with E-state index in [1.807, 2.05) is 32.2 Å². The number of aromatic nitrogens is 2. The summed E-state index contributed by atoms with van der Waals surface area (Å²) >= 11 is 0. The highest BCUT2D eigenvalue weighted by molar-refractivity contribution is 5.95. The first kappa shape index (κ1) is 13.5. The number of nitrogens with one attached hydrogen (secondary N) is 1. The van der Waals surface area contributed by atoms with Gasteiger partial charge in [0.1, 0.15) is 11.3 Å². The molecule has 2 aromatic heterocycles. The molecule has 0 saturated carbocycles. The molecule has 0 fully saturated rings. The Kier molecular flexibility index (Phi) is 3.32. The molecule has 0 unspecified atom stereocenters. The number of aliphatic hydroxyl groups is 1. The molecule has 0 radical (unpaired) electrons. The summed E-state index contributed by atoms with van der Waals surface area (Å²) in [5.41, 5.74) is 2.34. The van der Waals surface area contributed by atoms with Crippen LogP contribution in [0.25, 0.3) is 5.65 Å². The number of imidazole rings is 1. The largest absolute Gasteiger partial charge is 0.394 e. The molecule has 2 rings (SSSR count). The van der Waals surface area contributed by atoms with Gasteiger partial charge in [-0.3, -0.25) is 9.20 Å². The molecule has 0 saturated heterocycles. The molecule has 2 N–H and O–H groups in total. The number of fused-ring (bicyclic) bond motifs is 1. The Labute approximate surface area is 112 Å². The highest BCUT2D eigenvalue weighted by atomic mass is 16.3. The minimum Gasteiger partial charge on any atom is -0.394 e. The van der Waals surface area contributed by atoms with E-state index in [2.05, 4.69) is 10.3 Å². The molecule has 0 bridgehead atoms. The SMILES string of the molecule is Cc1nc2c(C)cccn2c1C(=O)NC(C)(C)CO. The van der Waals surface area contributed by atoms with Crippen molar-refractivity contribution in [1.82, 2.24) is 14.7 Å². The van der Waals surface area contributed by atoms with E-state index in [4.69, 9.17) is 0 Å². The molecular weight excluding hydrogens is 242 g/mol. The lowest BCUT2D eigenvalue weighted by atomic mass is 10.1. The number of aliphatic hydroxyl groups excluding tert-OH is 1. The van der Waals surface area contributed by atoms with Crippen molar-refractivity contribution in [1.29, 1.82) is 0 Å². The summed E-state index contributed by atoms with van der Waals surface area (Å²) in [5.74, 6) is -0.227. The van der Waals surface area contributed by atoms with Crippen LogP contribution in [-0.2, 0) is 0 Å². The Morgan fingerprint density at radius 3 is 2.79 bits per heavy atom. The van der Waals surface area contributed by atoms with Gasteiger partial charge in [-0.2, -0.15) is 0 Å². The fourth-order valence-corrected chi connectivity index (χ4v) is 2.00. The number of hydrogen-bond donors (Lipinski definition) is 2. The average molecular weight is 261 g/mol. The Balaban J connectivity index is 2.48. The molecule has 19 heavy (non-hydrogen) atoms. The van der Waals surface area contributed by atoms with Crippen LogP contribution in [-0.4, -0.2) is 32.5 Å². The van der Waals surface area contributed by atoms with Gasteiger partial charge in [-0.05, 0) is 39.3 Å². The number of amides is 1. The minimum absolute atomic E-state index is 0.118. The maximum Gasteiger partial charge on any atom is 0.270 e. The summed E-state index contributed by atoms with van der Waals surface area (Å²) in [7, 11) is 0. The van der Waals surface area contributed by atoms with Crippen LogP contribution in [0.2, 0.25) is 0 Å². The molecule has 0 aliphatic heterocycles. The summed E-state index contributed by atoms with van der Waals surface area (Å²) in [4.78, 5) is 16.8. The highest BCUT2D eigenvalue weighted by Gasteiger charge is 2.24. The molecule has 0 atom stereocenters. The summed E-state index contributed by atoms with van der Waals surface area (Å²) < 4.78 is 1.79. The van der Waals surface area contributed by atoms with Crippen LogP contribution in [0.5, 0.6) is 0 Å². The monoisotopic (exact) mass is 261 g/mol. The second-order valence-electron chi connectivity index (χ2n) is 5.43. The maximum absolute atomic E-state index is 12.3. The number of pyridine rings is 1. The number of hydrogen-bond acceptors (Lipinski definition) is 3. The van der Waals surface area contributed by atoms with Crippen molar-refractivity contribution in [2.45, 2.75) is 33.2 Å². The Bertz CT molecular complexity index is 629. The molecule has 1 amide bonds. The smallest absolute Gasteiger partial charge is 0.270 e. The van der Waals surface area contributed by atoms with Gasteiger partial charge in [0.2, 0.25) is 0 Å². The van der Waals surface area contributed by atoms with E-state index in [1.54, 1.807) is 18.2 Å². The van der Waals surface area contributed by atoms with Crippen LogP contribution in [0.3, 0.4) is 0 Å². The van der Waals surface area contributed by atoms with E-state index in [1.165, 1.54) is 0 Å². The van der Waals surface area contributed by atoms with E-state index in [-0.39, 0.29) is 12.5 Å². The van der Waals surface area contributed by atoms with E-state index in [9.17, 15) is 9.90 Å². The fraction of sp³-hybridized carbons (Fsp3) is 0.429.